The van der Waals surface area contributed by atoms with Crippen LogP contribution in [0.15, 0.2) is 60.7 Å². The lowest BCUT2D eigenvalue weighted by Crippen LogP contribution is -2.65. The van der Waals surface area contributed by atoms with Crippen molar-refractivity contribution in [3.05, 3.63) is 93.8 Å². The number of anilines is 3. The summed E-state index contributed by atoms with van der Waals surface area (Å²) in [6, 6.07) is 17.8. The number of amides is 5. The van der Waals surface area contributed by atoms with Crippen LogP contribution in [-0.4, -0.2) is 127 Å². The molecule has 13 nitrogen and oxygen atoms in total. The maximum Gasteiger partial charge on any atom is 0.262 e. The first-order valence-electron chi connectivity index (χ1n) is 20.5. The summed E-state index contributed by atoms with van der Waals surface area (Å²) in [7, 11) is 0. The number of benzene rings is 3. The van der Waals surface area contributed by atoms with Crippen molar-refractivity contribution < 1.29 is 28.4 Å². The maximum atomic E-state index is 16.0. The van der Waals surface area contributed by atoms with Gasteiger partial charge in [-0.3, -0.25) is 39.1 Å². The van der Waals surface area contributed by atoms with Crippen LogP contribution in [0.25, 0.3) is 4.85 Å². The Bertz CT molecular complexity index is 2280. The van der Waals surface area contributed by atoms with E-state index in [0.717, 1.165) is 55.2 Å². The average Bonchev–Trinajstić information content (AvgIpc) is 3.67. The van der Waals surface area contributed by atoms with E-state index in [1.165, 1.54) is 0 Å². The highest BCUT2D eigenvalue weighted by molar-refractivity contribution is 6.33. The van der Waals surface area contributed by atoms with Gasteiger partial charge in [0.15, 0.2) is 5.67 Å². The topological polar surface area (TPSA) is 121 Å². The standard InChI is InChI=1S/C44H46ClFN8O5/c1-28-43(15-18-53(28)32-8-10-36(47-2)35(45)24-32)13-16-50(17-14-43)30-5-3-29(4-6-30)40(57)51-21-19-49(20-22-51)25-44(46)26-52(27-44)31-7-9-33-34(23-31)42(59)54(41(33)58)37-11-12-38(55)48-39(37)56/h3-10,23-24,28,37H,11-22,25-27H2,1H3,(H,48,55,56). The van der Waals surface area contributed by atoms with Crippen molar-refractivity contribution >= 4 is 63.9 Å². The zero-order valence-corrected chi connectivity index (χ0v) is 33.7. The van der Waals surface area contributed by atoms with E-state index in [1.807, 2.05) is 52.3 Å². The second-order valence-electron chi connectivity index (χ2n) is 17.0. The first kappa shape index (κ1) is 39.0. The number of nitrogens with zero attached hydrogens (tertiary/aromatic N) is 7. The number of hydrogen-bond acceptors (Lipinski definition) is 9. The first-order chi connectivity index (χ1) is 28.3. The van der Waals surface area contributed by atoms with E-state index in [2.05, 4.69) is 31.8 Å². The number of imide groups is 2. The Morgan fingerprint density at radius 1 is 0.831 bits per heavy atom. The molecular formula is C44H46ClFN8O5. The normalized spacial score (nSPS) is 24.0. The summed E-state index contributed by atoms with van der Waals surface area (Å²) in [4.78, 5) is 78.9. The molecule has 1 N–H and O–H groups in total. The molecule has 2 atom stereocenters. The zero-order valence-electron chi connectivity index (χ0n) is 33.0. The van der Waals surface area contributed by atoms with E-state index in [4.69, 9.17) is 18.2 Å². The number of carbonyl (C=O) groups is 5. The van der Waals surface area contributed by atoms with E-state index < -0.39 is 35.3 Å². The number of piperidine rings is 2. The molecule has 0 radical (unpaired) electrons. The minimum Gasteiger partial charge on any atom is -0.371 e. The van der Waals surface area contributed by atoms with Crippen molar-refractivity contribution in [2.45, 2.75) is 56.8 Å². The predicted octanol–water partition coefficient (Wildman–Crippen LogP) is 5.16. The van der Waals surface area contributed by atoms with Crippen LogP contribution >= 0.6 is 11.6 Å². The Morgan fingerprint density at radius 2 is 1.49 bits per heavy atom. The molecule has 0 saturated carbocycles. The number of rotatable bonds is 7. The van der Waals surface area contributed by atoms with Gasteiger partial charge in [-0.25, -0.2) is 9.24 Å². The Morgan fingerprint density at radius 3 is 2.17 bits per heavy atom. The Balaban J connectivity index is 0.736. The molecule has 1 spiro atoms. The Hall–Kier alpha value is -5.52. The first-order valence-corrected chi connectivity index (χ1v) is 20.8. The van der Waals surface area contributed by atoms with Crippen LogP contribution in [0.3, 0.4) is 0 Å². The third kappa shape index (κ3) is 6.97. The molecule has 0 bridgehead atoms. The van der Waals surface area contributed by atoms with Crippen LogP contribution < -0.4 is 20.0 Å². The molecule has 59 heavy (non-hydrogen) atoms. The fraction of sp³-hybridized carbons (Fsp3) is 0.455. The smallest absolute Gasteiger partial charge is 0.262 e. The number of alkyl halides is 1. The third-order valence-corrected chi connectivity index (χ3v) is 14.0. The molecule has 5 saturated heterocycles. The highest BCUT2D eigenvalue weighted by atomic mass is 35.5. The fourth-order valence-electron chi connectivity index (χ4n) is 10.2. The molecule has 306 valence electrons. The summed E-state index contributed by atoms with van der Waals surface area (Å²) >= 11 is 6.38. The predicted molar refractivity (Wildman–Crippen MR) is 221 cm³/mol. The van der Waals surface area contributed by atoms with Gasteiger partial charge in [0.25, 0.3) is 17.7 Å². The molecule has 0 aromatic heterocycles. The van der Waals surface area contributed by atoms with Gasteiger partial charge < -0.3 is 19.6 Å². The zero-order chi connectivity index (χ0) is 41.2. The second-order valence-corrected chi connectivity index (χ2v) is 17.4. The summed E-state index contributed by atoms with van der Waals surface area (Å²) in [5, 5.41) is 2.70. The highest BCUT2D eigenvalue weighted by Gasteiger charge is 2.49. The molecule has 5 amide bonds. The lowest BCUT2D eigenvalue weighted by Gasteiger charge is -2.49. The number of carbonyl (C=O) groups excluding carboxylic acids is 5. The van der Waals surface area contributed by atoms with Gasteiger partial charge in [0, 0.05) is 92.5 Å². The quantitative estimate of drug-likeness (QED) is 0.255. The minimum absolute atomic E-state index is 0.0243. The summed E-state index contributed by atoms with van der Waals surface area (Å²) in [6.07, 6.45) is 3.39. The van der Waals surface area contributed by atoms with Crippen molar-refractivity contribution in [1.82, 2.24) is 20.0 Å². The van der Waals surface area contributed by atoms with Crippen molar-refractivity contribution in [2.24, 2.45) is 5.41 Å². The largest absolute Gasteiger partial charge is 0.371 e. The van der Waals surface area contributed by atoms with Crippen molar-refractivity contribution in [3.8, 4) is 0 Å². The van der Waals surface area contributed by atoms with Gasteiger partial charge >= 0.3 is 0 Å². The van der Waals surface area contributed by atoms with Crippen LogP contribution in [0.4, 0.5) is 27.1 Å². The third-order valence-electron chi connectivity index (χ3n) is 13.7. The monoisotopic (exact) mass is 820 g/mol. The molecule has 6 aliphatic rings. The molecule has 6 heterocycles. The van der Waals surface area contributed by atoms with E-state index in [-0.39, 0.29) is 54.9 Å². The fourth-order valence-corrected chi connectivity index (χ4v) is 10.4. The number of halogens is 2. The molecule has 0 aliphatic carbocycles. The molecule has 3 aromatic carbocycles. The molecule has 3 aromatic rings. The summed E-state index contributed by atoms with van der Waals surface area (Å²) in [6.45, 7) is 15.1. The molecule has 5 fully saturated rings. The number of hydrogen-bond donors (Lipinski definition) is 1. The van der Waals surface area contributed by atoms with Crippen LogP contribution in [0.5, 0.6) is 0 Å². The SMILES string of the molecule is [C-]#[N+]c1ccc(N2CCC3(CCN(c4ccc(C(=O)N5CCN(CC6(F)CN(c7ccc8c(c7)C(=O)N(C7CCC(=O)NC7=O)C8=O)C6)CC5)cc4)CC3)C2C)cc1Cl. The molecule has 9 rings (SSSR count). The summed E-state index contributed by atoms with van der Waals surface area (Å²) in [5.41, 5.74) is 3.04. The van der Waals surface area contributed by atoms with Crippen molar-refractivity contribution in [1.29, 1.82) is 0 Å². The Labute approximate surface area is 347 Å². The lowest BCUT2D eigenvalue weighted by atomic mass is 9.73. The van der Waals surface area contributed by atoms with Crippen molar-refractivity contribution in [3.63, 3.8) is 0 Å². The molecule has 6 aliphatic heterocycles. The number of piperazine rings is 1. The summed E-state index contributed by atoms with van der Waals surface area (Å²) < 4.78 is 16.0. The molecular weight excluding hydrogens is 775 g/mol. The Kier molecular flexibility index (Phi) is 9.87. The number of fused-ring (bicyclic) bond motifs is 1. The minimum atomic E-state index is -1.47. The van der Waals surface area contributed by atoms with Gasteiger partial charge in [-0.1, -0.05) is 17.7 Å². The van der Waals surface area contributed by atoms with Crippen LogP contribution in [0.1, 0.15) is 70.1 Å². The highest BCUT2D eigenvalue weighted by Crippen LogP contribution is 2.48. The second kappa shape index (κ2) is 14.9. The summed E-state index contributed by atoms with van der Waals surface area (Å²) in [5.74, 6) is -2.28. The molecule has 2 unspecified atom stereocenters. The number of nitrogens with one attached hydrogen (secondary N) is 1. The van der Waals surface area contributed by atoms with Crippen molar-refractivity contribution in [2.75, 3.05) is 80.1 Å². The van der Waals surface area contributed by atoms with Crippen LogP contribution in [-0.2, 0) is 9.59 Å². The molecule has 15 heteroatoms. The van der Waals surface area contributed by atoms with E-state index >= 15 is 4.39 Å². The van der Waals surface area contributed by atoms with Gasteiger partial charge in [0.05, 0.1) is 30.8 Å². The van der Waals surface area contributed by atoms with E-state index in [0.29, 0.717) is 54.2 Å². The van der Waals surface area contributed by atoms with Crippen LogP contribution in [0, 0.1) is 12.0 Å². The maximum absolute atomic E-state index is 16.0. The van der Waals surface area contributed by atoms with Gasteiger partial charge in [0.2, 0.25) is 17.5 Å². The van der Waals surface area contributed by atoms with Gasteiger partial charge in [-0.05, 0) is 92.6 Å². The van der Waals surface area contributed by atoms with E-state index in [9.17, 15) is 24.0 Å². The van der Waals surface area contributed by atoms with Gasteiger partial charge in [-0.15, -0.1) is 0 Å². The lowest BCUT2D eigenvalue weighted by molar-refractivity contribution is -0.136. The average molecular weight is 821 g/mol. The van der Waals surface area contributed by atoms with Gasteiger partial charge in [-0.2, -0.15) is 0 Å². The van der Waals surface area contributed by atoms with E-state index in [1.54, 1.807) is 18.2 Å². The van der Waals surface area contributed by atoms with Crippen LogP contribution in [0.2, 0.25) is 5.02 Å². The van der Waals surface area contributed by atoms with Gasteiger partial charge in [0.1, 0.15) is 6.04 Å².